The molecule has 0 saturated heterocycles. The number of thiophene rings is 1. The van der Waals surface area contributed by atoms with Crippen LogP contribution < -0.4 is 10.6 Å². The van der Waals surface area contributed by atoms with Crippen molar-refractivity contribution in [3.63, 3.8) is 0 Å². The van der Waals surface area contributed by atoms with E-state index in [9.17, 15) is 0 Å². The van der Waals surface area contributed by atoms with Crippen LogP contribution in [0.15, 0.2) is 11.4 Å². The van der Waals surface area contributed by atoms with Crippen LogP contribution >= 0.6 is 11.3 Å². The van der Waals surface area contributed by atoms with Crippen LogP contribution in [0.1, 0.15) is 13.8 Å². The van der Waals surface area contributed by atoms with Crippen molar-refractivity contribution in [3.05, 3.63) is 11.4 Å². The van der Waals surface area contributed by atoms with Crippen LogP contribution in [0.3, 0.4) is 0 Å². The fourth-order valence-corrected chi connectivity index (χ4v) is 2.33. The second-order valence-electron chi connectivity index (χ2n) is 4.13. The average molecular weight is 266 g/mol. The lowest BCUT2D eigenvalue weighted by molar-refractivity contribution is 0.0870. The minimum Gasteiger partial charge on any atom is -0.377 e. The summed E-state index contributed by atoms with van der Waals surface area (Å²) >= 11 is 1.61. The highest BCUT2D eigenvalue weighted by atomic mass is 32.1. The molecule has 0 aliphatic heterocycles. The van der Waals surface area contributed by atoms with E-state index in [0.29, 0.717) is 12.6 Å². The van der Waals surface area contributed by atoms with E-state index in [2.05, 4.69) is 20.6 Å². The molecule has 0 atom stereocenters. The number of aromatic nitrogens is 2. The van der Waals surface area contributed by atoms with Crippen molar-refractivity contribution in [2.45, 2.75) is 20.0 Å². The van der Waals surface area contributed by atoms with Gasteiger partial charge in [0.05, 0.1) is 18.1 Å². The lowest BCUT2D eigenvalue weighted by Gasteiger charge is -2.10. The van der Waals surface area contributed by atoms with Gasteiger partial charge >= 0.3 is 0 Å². The molecule has 0 spiro atoms. The second kappa shape index (κ2) is 5.97. The molecule has 0 aliphatic carbocycles. The topological polar surface area (TPSA) is 59.1 Å². The third-order valence-electron chi connectivity index (χ3n) is 2.39. The van der Waals surface area contributed by atoms with Gasteiger partial charge in [-0.1, -0.05) is 0 Å². The molecule has 18 heavy (non-hydrogen) atoms. The third-order valence-corrected chi connectivity index (χ3v) is 3.20. The van der Waals surface area contributed by atoms with Gasteiger partial charge in [-0.3, -0.25) is 0 Å². The number of hydrogen-bond acceptors (Lipinski definition) is 6. The number of anilines is 2. The van der Waals surface area contributed by atoms with E-state index in [0.717, 1.165) is 22.6 Å². The molecule has 0 aliphatic rings. The Morgan fingerprint density at radius 2 is 2.22 bits per heavy atom. The molecular weight excluding hydrogens is 248 g/mol. The maximum Gasteiger partial charge on any atom is 0.225 e. The summed E-state index contributed by atoms with van der Waals surface area (Å²) in [4.78, 5) is 9.81. The summed E-state index contributed by atoms with van der Waals surface area (Å²) in [5.74, 6) is 1.50. The normalized spacial score (nSPS) is 11.1. The SMILES string of the molecule is CNc1nc(NCCOC(C)C)c2ccsc2n1. The summed E-state index contributed by atoms with van der Waals surface area (Å²) in [5.41, 5.74) is 0. The Morgan fingerprint density at radius 3 is 2.94 bits per heavy atom. The molecule has 0 amide bonds. The highest BCUT2D eigenvalue weighted by molar-refractivity contribution is 7.16. The zero-order valence-electron chi connectivity index (χ0n) is 10.9. The Labute approximate surface area is 111 Å². The maximum absolute atomic E-state index is 5.49. The van der Waals surface area contributed by atoms with Crippen molar-refractivity contribution >= 4 is 33.3 Å². The summed E-state index contributed by atoms with van der Waals surface area (Å²) in [5, 5.41) is 9.35. The third kappa shape index (κ3) is 3.08. The van der Waals surface area contributed by atoms with Gasteiger partial charge in [0.25, 0.3) is 0 Å². The van der Waals surface area contributed by atoms with Gasteiger partial charge in [0, 0.05) is 13.6 Å². The molecule has 2 aromatic rings. The van der Waals surface area contributed by atoms with Crippen LogP contribution in [-0.4, -0.2) is 36.3 Å². The van der Waals surface area contributed by atoms with E-state index in [-0.39, 0.29) is 6.10 Å². The lowest BCUT2D eigenvalue weighted by Crippen LogP contribution is -2.14. The van der Waals surface area contributed by atoms with Crippen LogP contribution in [0, 0.1) is 0 Å². The minimum atomic E-state index is 0.256. The number of nitrogens with zero attached hydrogens (tertiary/aromatic N) is 2. The summed E-state index contributed by atoms with van der Waals surface area (Å²) in [6.45, 7) is 5.47. The van der Waals surface area contributed by atoms with E-state index in [1.54, 1.807) is 11.3 Å². The molecule has 0 radical (unpaired) electrons. The van der Waals surface area contributed by atoms with E-state index >= 15 is 0 Å². The molecule has 0 bridgehead atoms. The van der Waals surface area contributed by atoms with Gasteiger partial charge in [0.2, 0.25) is 5.95 Å². The quantitative estimate of drug-likeness (QED) is 0.787. The minimum absolute atomic E-state index is 0.256. The zero-order valence-corrected chi connectivity index (χ0v) is 11.7. The Balaban J connectivity index is 2.08. The summed E-state index contributed by atoms with van der Waals surface area (Å²) in [6.07, 6.45) is 0.256. The van der Waals surface area contributed by atoms with Crippen molar-refractivity contribution in [1.29, 1.82) is 0 Å². The van der Waals surface area contributed by atoms with Gasteiger partial charge in [0.15, 0.2) is 0 Å². The molecule has 2 aromatic heterocycles. The Bertz CT molecular complexity index is 512. The van der Waals surface area contributed by atoms with Crippen molar-refractivity contribution in [3.8, 4) is 0 Å². The first-order chi connectivity index (χ1) is 8.70. The van der Waals surface area contributed by atoms with Gasteiger partial charge in [-0.25, -0.2) is 4.98 Å². The van der Waals surface area contributed by atoms with E-state index in [1.807, 2.05) is 32.3 Å². The van der Waals surface area contributed by atoms with Gasteiger partial charge in [-0.05, 0) is 25.3 Å². The van der Waals surface area contributed by atoms with Crippen molar-refractivity contribution in [2.24, 2.45) is 0 Å². The number of ether oxygens (including phenoxy) is 1. The van der Waals surface area contributed by atoms with Crippen molar-refractivity contribution in [1.82, 2.24) is 9.97 Å². The molecule has 2 rings (SSSR count). The molecule has 0 unspecified atom stereocenters. The largest absolute Gasteiger partial charge is 0.377 e. The molecule has 6 heteroatoms. The number of nitrogens with one attached hydrogen (secondary N) is 2. The zero-order chi connectivity index (χ0) is 13.0. The van der Waals surface area contributed by atoms with Crippen LogP contribution in [-0.2, 0) is 4.74 Å². The smallest absolute Gasteiger partial charge is 0.225 e. The van der Waals surface area contributed by atoms with E-state index in [4.69, 9.17) is 4.74 Å². The number of hydrogen-bond donors (Lipinski definition) is 2. The van der Waals surface area contributed by atoms with E-state index < -0.39 is 0 Å². The van der Waals surface area contributed by atoms with Gasteiger partial charge in [-0.15, -0.1) is 11.3 Å². The Kier molecular flexibility index (Phi) is 4.33. The number of rotatable bonds is 6. The van der Waals surface area contributed by atoms with Crippen LogP contribution in [0.5, 0.6) is 0 Å². The highest BCUT2D eigenvalue weighted by Crippen LogP contribution is 2.26. The monoisotopic (exact) mass is 266 g/mol. The fourth-order valence-electron chi connectivity index (χ4n) is 1.57. The molecule has 5 nitrogen and oxygen atoms in total. The van der Waals surface area contributed by atoms with E-state index in [1.165, 1.54) is 0 Å². The molecule has 2 N–H and O–H groups in total. The molecule has 0 aromatic carbocycles. The molecule has 98 valence electrons. The molecular formula is C12H18N4OS. The average Bonchev–Trinajstić information content (AvgIpc) is 2.82. The maximum atomic E-state index is 5.49. The van der Waals surface area contributed by atoms with Crippen molar-refractivity contribution < 1.29 is 4.74 Å². The number of fused-ring (bicyclic) bond motifs is 1. The van der Waals surface area contributed by atoms with Crippen molar-refractivity contribution in [2.75, 3.05) is 30.8 Å². The first-order valence-electron chi connectivity index (χ1n) is 5.99. The van der Waals surface area contributed by atoms with Crippen LogP contribution in [0.2, 0.25) is 0 Å². The van der Waals surface area contributed by atoms with Crippen LogP contribution in [0.4, 0.5) is 11.8 Å². The lowest BCUT2D eigenvalue weighted by atomic mass is 10.4. The Hall–Kier alpha value is -1.40. The molecule has 0 fully saturated rings. The van der Waals surface area contributed by atoms with Gasteiger partial charge in [-0.2, -0.15) is 4.98 Å². The second-order valence-corrected chi connectivity index (χ2v) is 5.03. The molecule has 0 saturated carbocycles. The Morgan fingerprint density at radius 1 is 1.39 bits per heavy atom. The standard InChI is InChI=1S/C12H18N4OS/c1-8(2)17-6-5-14-10-9-4-7-18-11(9)16-12(13-3)15-10/h4,7-8H,5-6H2,1-3H3,(H2,13,14,15,16). The van der Waals surface area contributed by atoms with Crippen LogP contribution in [0.25, 0.3) is 10.2 Å². The summed E-state index contributed by atoms with van der Waals surface area (Å²) in [7, 11) is 1.82. The first kappa shape index (κ1) is 13.0. The predicted molar refractivity (Wildman–Crippen MR) is 76.5 cm³/mol. The summed E-state index contributed by atoms with van der Waals surface area (Å²) in [6, 6.07) is 2.03. The predicted octanol–water partition coefficient (Wildman–Crippen LogP) is 2.57. The van der Waals surface area contributed by atoms with Gasteiger partial charge < -0.3 is 15.4 Å². The molecule has 2 heterocycles. The summed E-state index contributed by atoms with van der Waals surface area (Å²) < 4.78 is 5.49. The van der Waals surface area contributed by atoms with Gasteiger partial charge in [0.1, 0.15) is 10.6 Å². The first-order valence-corrected chi connectivity index (χ1v) is 6.87. The fraction of sp³-hybridized carbons (Fsp3) is 0.500. The highest BCUT2D eigenvalue weighted by Gasteiger charge is 2.07.